The summed E-state index contributed by atoms with van der Waals surface area (Å²) in [6.07, 6.45) is 2.46. The van der Waals surface area contributed by atoms with Crippen molar-refractivity contribution in [3.8, 4) is 0 Å². The maximum absolute atomic E-state index is 5.88. The lowest BCUT2D eigenvalue weighted by Crippen LogP contribution is -2.37. The zero-order chi connectivity index (χ0) is 12.4. The lowest BCUT2D eigenvalue weighted by Gasteiger charge is -2.33. The Hall–Kier alpha value is -1.36. The molecule has 0 saturated carbocycles. The zero-order valence-electron chi connectivity index (χ0n) is 10.7. The van der Waals surface area contributed by atoms with Gasteiger partial charge in [0.05, 0.1) is 6.10 Å². The van der Waals surface area contributed by atoms with Crippen LogP contribution < -0.4 is 10.6 Å². The smallest absolute Gasteiger partial charge is 0.137 e. The van der Waals surface area contributed by atoms with Crippen molar-refractivity contribution in [1.29, 1.82) is 0 Å². The first-order chi connectivity index (χ1) is 8.11. The van der Waals surface area contributed by atoms with E-state index in [9.17, 15) is 0 Å². The van der Waals surface area contributed by atoms with Crippen molar-refractivity contribution >= 4 is 11.6 Å². The van der Waals surface area contributed by atoms with E-state index in [0.29, 0.717) is 11.9 Å². The Kier molecular flexibility index (Phi) is 3.47. The quantitative estimate of drug-likeness (QED) is 0.838. The summed E-state index contributed by atoms with van der Waals surface area (Å²) < 4.78 is 5.37. The van der Waals surface area contributed by atoms with Crippen LogP contribution in [0.5, 0.6) is 0 Å². The van der Waals surface area contributed by atoms with E-state index in [4.69, 9.17) is 10.5 Å². The molecule has 1 aliphatic rings. The van der Waals surface area contributed by atoms with Crippen molar-refractivity contribution in [2.24, 2.45) is 0 Å². The fourth-order valence-electron chi connectivity index (χ4n) is 2.25. The number of hydrogen-bond acceptors (Lipinski definition) is 5. The molecule has 1 aromatic rings. The van der Waals surface area contributed by atoms with Crippen molar-refractivity contribution in [2.75, 3.05) is 30.8 Å². The van der Waals surface area contributed by atoms with E-state index in [0.717, 1.165) is 43.1 Å². The zero-order valence-corrected chi connectivity index (χ0v) is 10.7. The molecule has 2 heterocycles. The van der Waals surface area contributed by atoms with Crippen molar-refractivity contribution in [2.45, 2.75) is 32.8 Å². The van der Waals surface area contributed by atoms with Gasteiger partial charge in [-0.1, -0.05) is 0 Å². The van der Waals surface area contributed by atoms with Gasteiger partial charge in [-0.3, -0.25) is 0 Å². The summed E-state index contributed by atoms with van der Waals surface area (Å²) in [6, 6.07) is 0. The number of hydrogen-bond donors (Lipinski definition) is 1. The minimum Gasteiger partial charge on any atom is -0.383 e. The number of rotatable bonds is 2. The van der Waals surface area contributed by atoms with E-state index in [-0.39, 0.29) is 0 Å². The average Bonchev–Trinajstić information content (AvgIpc) is 2.34. The van der Waals surface area contributed by atoms with E-state index in [1.807, 2.05) is 13.8 Å². The van der Waals surface area contributed by atoms with Gasteiger partial charge in [0.25, 0.3) is 0 Å². The first-order valence-corrected chi connectivity index (χ1v) is 6.00. The lowest BCUT2D eigenvalue weighted by molar-refractivity contribution is 0.0818. The van der Waals surface area contributed by atoms with Crippen molar-refractivity contribution < 1.29 is 4.74 Å². The van der Waals surface area contributed by atoms with Crippen LogP contribution in [-0.4, -0.2) is 36.3 Å². The largest absolute Gasteiger partial charge is 0.383 e. The van der Waals surface area contributed by atoms with Gasteiger partial charge in [-0.2, -0.15) is 0 Å². The topological polar surface area (TPSA) is 64.3 Å². The second kappa shape index (κ2) is 4.87. The van der Waals surface area contributed by atoms with Gasteiger partial charge in [0, 0.05) is 25.8 Å². The summed E-state index contributed by atoms with van der Waals surface area (Å²) in [7, 11) is 1.78. The fraction of sp³-hybridized carbons (Fsp3) is 0.667. The monoisotopic (exact) mass is 236 g/mol. The number of anilines is 2. The van der Waals surface area contributed by atoms with Gasteiger partial charge in [-0.25, -0.2) is 9.97 Å². The molecule has 0 spiro atoms. The third-order valence-corrected chi connectivity index (χ3v) is 3.34. The molecule has 1 aliphatic heterocycles. The lowest BCUT2D eigenvalue weighted by atomic mass is 10.1. The molecule has 2 N–H and O–H groups in total. The van der Waals surface area contributed by atoms with Gasteiger partial charge in [0.2, 0.25) is 0 Å². The van der Waals surface area contributed by atoms with E-state index < -0.39 is 0 Å². The van der Waals surface area contributed by atoms with Crippen LogP contribution in [0, 0.1) is 13.8 Å². The van der Waals surface area contributed by atoms with Gasteiger partial charge in [0.1, 0.15) is 17.5 Å². The van der Waals surface area contributed by atoms with Crippen LogP contribution in [0.15, 0.2) is 0 Å². The van der Waals surface area contributed by atoms with E-state index >= 15 is 0 Å². The molecule has 1 fully saturated rings. The number of piperidine rings is 1. The fourth-order valence-corrected chi connectivity index (χ4v) is 2.25. The van der Waals surface area contributed by atoms with Gasteiger partial charge >= 0.3 is 0 Å². The molecule has 94 valence electrons. The Morgan fingerprint density at radius 3 is 2.47 bits per heavy atom. The van der Waals surface area contributed by atoms with Crippen LogP contribution in [0.1, 0.15) is 24.2 Å². The highest BCUT2D eigenvalue weighted by molar-refractivity contribution is 5.56. The Bertz CT molecular complexity index is 400. The van der Waals surface area contributed by atoms with Gasteiger partial charge in [0.15, 0.2) is 0 Å². The molecule has 0 aliphatic carbocycles. The SMILES string of the molecule is COC1CCN(c2nc(C)nc(N)c2C)CC1. The number of nitrogens with zero attached hydrogens (tertiary/aromatic N) is 3. The average molecular weight is 236 g/mol. The summed E-state index contributed by atoms with van der Waals surface area (Å²) in [5.41, 5.74) is 6.86. The molecule has 0 bridgehead atoms. The second-order valence-electron chi connectivity index (χ2n) is 4.53. The molecule has 17 heavy (non-hydrogen) atoms. The molecule has 0 aromatic carbocycles. The maximum atomic E-state index is 5.88. The predicted octanol–water partition coefficient (Wildman–Crippen LogP) is 1.29. The highest BCUT2D eigenvalue weighted by Gasteiger charge is 2.21. The van der Waals surface area contributed by atoms with Crippen LogP contribution in [0.2, 0.25) is 0 Å². The van der Waals surface area contributed by atoms with Crippen molar-refractivity contribution in [3.05, 3.63) is 11.4 Å². The molecular formula is C12H20N4O. The van der Waals surface area contributed by atoms with Gasteiger partial charge < -0.3 is 15.4 Å². The minimum absolute atomic E-state index is 0.381. The van der Waals surface area contributed by atoms with Crippen LogP contribution >= 0.6 is 0 Å². The predicted molar refractivity (Wildman–Crippen MR) is 68.2 cm³/mol. The summed E-state index contributed by atoms with van der Waals surface area (Å²) in [5.74, 6) is 2.29. The molecule has 5 heteroatoms. The maximum Gasteiger partial charge on any atom is 0.137 e. The first-order valence-electron chi connectivity index (χ1n) is 6.00. The number of ether oxygens (including phenoxy) is 1. The van der Waals surface area contributed by atoms with Crippen LogP contribution in [0.4, 0.5) is 11.6 Å². The van der Waals surface area contributed by atoms with Crippen LogP contribution in [-0.2, 0) is 4.74 Å². The number of nitrogen functional groups attached to an aromatic ring is 1. The minimum atomic E-state index is 0.381. The molecule has 1 aromatic heterocycles. The molecule has 5 nitrogen and oxygen atoms in total. The van der Waals surface area contributed by atoms with Crippen molar-refractivity contribution in [3.63, 3.8) is 0 Å². The molecule has 2 rings (SSSR count). The molecular weight excluding hydrogens is 216 g/mol. The summed E-state index contributed by atoms with van der Waals surface area (Å²) in [6.45, 7) is 5.79. The van der Waals surface area contributed by atoms with E-state index in [1.165, 1.54) is 0 Å². The normalized spacial score (nSPS) is 17.5. The second-order valence-corrected chi connectivity index (χ2v) is 4.53. The van der Waals surface area contributed by atoms with Crippen molar-refractivity contribution in [1.82, 2.24) is 9.97 Å². The molecule has 0 atom stereocenters. The highest BCUT2D eigenvalue weighted by atomic mass is 16.5. The number of nitrogens with two attached hydrogens (primary N) is 1. The number of methoxy groups -OCH3 is 1. The summed E-state index contributed by atoms with van der Waals surface area (Å²) in [5, 5.41) is 0. The highest BCUT2D eigenvalue weighted by Crippen LogP contribution is 2.25. The molecule has 1 saturated heterocycles. The van der Waals surface area contributed by atoms with Crippen LogP contribution in [0.25, 0.3) is 0 Å². The van der Waals surface area contributed by atoms with Gasteiger partial charge in [-0.15, -0.1) is 0 Å². The standard InChI is InChI=1S/C12H20N4O/c1-8-11(13)14-9(2)15-12(8)16-6-4-10(17-3)5-7-16/h10H,4-7H2,1-3H3,(H2,13,14,15). The third-order valence-electron chi connectivity index (χ3n) is 3.34. The molecule has 0 radical (unpaired) electrons. The van der Waals surface area contributed by atoms with E-state index in [2.05, 4.69) is 14.9 Å². The third kappa shape index (κ3) is 2.49. The Balaban J connectivity index is 2.18. The van der Waals surface area contributed by atoms with E-state index in [1.54, 1.807) is 7.11 Å². The van der Waals surface area contributed by atoms with Gasteiger partial charge in [-0.05, 0) is 26.7 Å². The molecule has 0 unspecified atom stereocenters. The summed E-state index contributed by atoms with van der Waals surface area (Å²) >= 11 is 0. The Morgan fingerprint density at radius 2 is 1.88 bits per heavy atom. The molecule has 0 amide bonds. The van der Waals surface area contributed by atoms with Crippen LogP contribution in [0.3, 0.4) is 0 Å². The Morgan fingerprint density at radius 1 is 1.24 bits per heavy atom. The number of aryl methyl sites for hydroxylation is 1. The number of aromatic nitrogens is 2. The first kappa shape index (κ1) is 12.1. The Labute approximate surface area is 102 Å². The summed E-state index contributed by atoms with van der Waals surface area (Å²) in [4.78, 5) is 11.0.